The van der Waals surface area contributed by atoms with Gasteiger partial charge in [-0.05, 0) is 20.9 Å². The maximum Gasteiger partial charge on any atom is 0.405 e. The summed E-state index contributed by atoms with van der Waals surface area (Å²) in [4.78, 5) is 1.74. The van der Waals surface area contributed by atoms with Gasteiger partial charge in [-0.3, -0.25) is 4.90 Å². The Kier molecular flexibility index (Phi) is 2.60. The molecule has 1 fully saturated rings. The first-order chi connectivity index (χ1) is 5.73. The van der Waals surface area contributed by atoms with Gasteiger partial charge in [-0.25, -0.2) is 0 Å². The first-order valence-electron chi connectivity index (χ1n) is 4.25. The fraction of sp³-hybridized carbons (Fsp3) is 1.00. The van der Waals surface area contributed by atoms with Gasteiger partial charge in [0, 0.05) is 18.6 Å². The molecule has 0 spiro atoms. The molecule has 1 unspecified atom stereocenters. The standard InChI is InChI=1S/C8H15F3N2/c1-7(2)5-12-6(4-13(7)3)8(9,10)11/h6,12H,4-5H2,1-3H3. The second-order valence-electron chi connectivity index (χ2n) is 4.17. The van der Waals surface area contributed by atoms with Crippen molar-refractivity contribution in [2.75, 3.05) is 20.1 Å². The van der Waals surface area contributed by atoms with Crippen molar-refractivity contribution >= 4 is 0 Å². The van der Waals surface area contributed by atoms with Crippen LogP contribution in [0.3, 0.4) is 0 Å². The van der Waals surface area contributed by atoms with Gasteiger partial charge in [-0.15, -0.1) is 0 Å². The van der Waals surface area contributed by atoms with Gasteiger partial charge in [0.05, 0.1) is 0 Å². The van der Waals surface area contributed by atoms with Crippen molar-refractivity contribution in [1.29, 1.82) is 0 Å². The molecule has 0 aromatic rings. The van der Waals surface area contributed by atoms with E-state index in [1.807, 2.05) is 13.8 Å². The van der Waals surface area contributed by atoms with Crippen LogP contribution in [-0.2, 0) is 0 Å². The van der Waals surface area contributed by atoms with Crippen molar-refractivity contribution in [1.82, 2.24) is 10.2 Å². The number of hydrogen-bond donors (Lipinski definition) is 1. The van der Waals surface area contributed by atoms with Gasteiger partial charge >= 0.3 is 6.18 Å². The van der Waals surface area contributed by atoms with E-state index in [4.69, 9.17) is 0 Å². The molecule has 1 atom stereocenters. The summed E-state index contributed by atoms with van der Waals surface area (Å²) in [6.45, 7) is 4.24. The molecular weight excluding hydrogens is 181 g/mol. The Bertz CT molecular complexity index is 188. The molecule has 0 amide bonds. The summed E-state index contributed by atoms with van der Waals surface area (Å²) in [5, 5.41) is 2.51. The number of piperazine rings is 1. The summed E-state index contributed by atoms with van der Waals surface area (Å²) in [6, 6.07) is -1.38. The van der Waals surface area contributed by atoms with Gasteiger partial charge in [0.25, 0.3) is 0 Å². The minimum atomic E-state index is -4.13. The molecular formula is C8H15F3N2. The Balaban J connectivity index is 2.61. The van der Waals surface area contributed by atoms with Gasteiger partial charge in [0.2, 0.25) is 0 Å². The fourth-order valence-electron chi connectivity index (χ4n) is 1.31. The maximum absolute atomic E-state index is 12.3. The largest absolute Gasteiger partial charge is 0.405 e. The minimum absolute atomic E-state index is 0.0243. The minimum Gasteiger partial charge on any atom is -0.303 e. The average Bonchev–Trinajstić information content (AvgIpc) is 1.92. The summed E-state index contributed by atoms with van der Waals surface area (Å²) in [5.74, 6) is 0. The third-order valence-electron chi connectivity index (χ3n) is 2.67. The number of rotatable bonds is 0. The Morgan fingerprint density at radius 2 is 1.92 bits per heavy atom. The highest BCUT2D eigenvalue weighted by molar-refractivity contribution is 4.93. The van der Waals surface area contributed by atoms with Crippen molar-refractivity contribution < 1.29 is 13.2 Å². The van der Waals surface area contributed by atoms with E-state index >= 15 is 0 Å². The van der Waals surface area contributed by atoms with Crippen LogP contribution < -0.4 is 5.32 Å². The van der Waals surface area contributed by atoms with Gasteiger partial charge in [0.1, 0.15) is 6.04 Å². The molecule has 1 N–H and O–H groups in total. The number of nitrogens with zero attached hydrogens (tertiary/aromatic N) is 1. The monoisotopic (exact) mass is 196 g/mol. The van der Waals surface area contributed by atoms with E-state index in [2.05, 4.69) is 5.32 Å². The van der Waals surface area contributed by atoms with Crippen LogP contribution in [0.5, 0.6) is 0 Å². The third kappa shape index (κ3) is 2.34. The van der Waals surface area contributed by atoms with E-state index < -0.39 is 12.2 Å². The van der Waals surface area contributed by atoms with Gasteiger partial charge in [-0.2, -0.15) is 13.2 Å². The summed E-state index contributed by atoms with van der Waals surface area (Å²) >= 11 is 0. The van der Waals surface area contributed by atoms with E-state index in [0.29, 0.717) is 6.54 Å². The Morgan fingerprint density at radius 1 is 1.38 bits per heavy atom. The molecule has 0 aliphatic carbocycles. The highest BCUT2D eigenvalue weighted by Crippen LogP contribution is 2.26. The number of nitrogens with one attached hydrogen (secondary N) is 1. The summed E-state index contributed by atoms with van der Waals surface area (Å²) in [6.07, 6.45) is -4.13. The van der Waals surface area contributed by atoms with Crippen molar-refractivity contribution in [3.63, 3.8) is 0 Å². The molecule has 78 valence electrons. The van der Waals surface area contributed by atoms with E-state index in [1.165, 1.54) is 0 Å². The molecule has 5 heteroatoms. The molecule has 0 saturated carbocycles. The van der Waals surface area contributed by atoms with Crippen molar-refractivity contribution in [2.45, 2.75) is 31.6 Å². The normalized spacial score (nSPS) is 30.5. The van der Waals surface area contributed by atoms with E-state index in [0.717, 1.165) is 0 Å². The number of hydrogen-bond acceptors (Lipinski definition) is 2. The zero-order valence-corrected chi connectivity index (χ0v) is 8.07. The fourth-order valence-corrected chi connectivity index (χ4v) is 1.31. The lowest BCUT2D eigenvalue weighted by molar-refractivity contribution is -0.170. The Labute approximate surface area is 76.1 Å². The van der Waals surface area contributed by atoms with E-state index in [1.54, 1.807) is 11.9 Å². The molecule has 1 aliphatic heterocycles. The topological polar surface area (TPSA) is 15.3 Å². The van der Waals surface area contributed by atoms with Crippen LogP contribution in [0, 0.1) is 0 Å². The predicted octanol–water partition coefficient (Wildman–Crippen LogP) is 1.23. The van der Waals surface area contributed by atoms with Gasteiger partial charge < -0.3 is 5.32 Å². The summed E-state index contributed by atoms with van der Waals surface area (Å²) in [7, 11) is 1.72. The lowest BCUT2D eigenvalue weighted by Crippen LogP contribution is -2.64. The molecule has 2 nitrogen and oxygen atoms in total. The third-order valence-corrected chi connectivity index (χ3v) is 2.67. The highest BCUT2D eigenvalue weighted by atomic mass is 19.4. The first kappa shape index (κ1) is 10.8. The molecule has 1 rings (SSSR count). The van der Waals surface area contributed by atoms with Crippen LogP contribution in [0.2, 0.25) is 0 Å². The van der Waals surface area contributed by atoms with Gasteiger partial charge in [0.15, 0.2) is 0 Å². The smallest absolute Gasteiger partial charge is 0.303 e. The lowest BCUT2D eigenvalue weighted by atomic mass is 9.98. The van der Waals surface area contributed by atoms with Crippen molar-refractivity contribution in [2.24, 2.45) is 0 Å². The molecule has 1 aliphatic rings. The van der Waals surface area contributed by atoms with Crippen molar-refractivity contribution in [3.05, 3.63) is 0 Å². The van der Waals surface area contributed by atoms with Crippen LogP contribution in [0.4, 0.5) is 13.2 Å². The lowest BCUT2D eigenvalue weighted by Gasteiger charge is -2.44. The van der Waals surface area contributed by atoms with Crippen LogP contribution in [0.25, 0.3) is 0 Å². The zero-order chi connectivity index (χ0) is 10.3. The zero-order valence-electron chi connectivity index (χ0n) is 8.07. The maximum atomic E-state index is 12.3. The number of likely N-dealkylation sites (N-methyl/N-ethyl adjacent to an activating group) is 1. The average molecular weight is 196 g/mol. The molecule has 0 bridgehead atoms. The predicted molar refractivity (Wildman–Crippen MR) is 44.6 cm³/mol. The molecule has 0 aromatic carbocycles. The van der Waals surface area contributed by atoms with E-state index in [-0.39, 0.29) is 12.1 Å². The Morgan fingerprint density at radius 3 is 2.31 bits per heavy atom. The van der Waals surface area contributed by atoms with Crippen LogP contribution in [-0.4, -0.2) is 42.8 Å². The van der Waals surface area contributed by atoms with Crippen LogP contribution in [0.1, 0.15) is 13.8 Å². The number of alkyl halides is 3. The summed E-state index contributed by atoms with van der Waals surface area (Å²) < 4.78 is 36.8. The SMILES string of the molecule is CN1CC(C(F)(F)F)NCC1(C)C. The Hall–Kier alpha value is -0.290. The molecule has 1 heterocycles. The van der Waals surface area contributed by atoms with Gasteiger partial charge in [-0.1, -0.05) is 0 Å². The quantitative estimate of drug-likeness (QED) is 0.627. The van der Waals surface area contributed by atoms with E-state index in [9.17, 15) is 13.2 Å². The highest BCUT2D eigenvalue weighted by Gasteiger charge is 2.45. The molecule has 1 saturated heterocycles. The van der Waals surface area contributed by atoms with Crippen molar-refractivity contribution in [3.8, 4) is 0 Å². The summed E-state index contributed by atoms with van der Waals surface area (Å²) in [5.41, 5.74) is -0.193. The second kappa shape index (κ2) is 3.13. The molecule has 13 heavy (non-hydrogen) atoms. The molecule has 0 radical (unpaired) electrons. The van der Waals surface area contributed by atoms with Crippen LogP contribution in [0.15, 0.2) is 0 Å². The number of halogens is 3. The van der Waals surface area contributed by atoms with Crippen LogP contribution >= 0.6 is 0 Å². The molecule has 0 aromatic heterocycles. The first-order valence-corrected chi connectivity index (χ1v) is 4.25. The second-order valence-corrected chi connectivity index (χ2v) is 4.17.